The predicted octanol–water partition coefficient (Wildman–Crippen LogP) is 3.08. The SMILES string of the molecule is C/C(=C(/CO)C(=N)N(C)CCn1c(C=O)cc2c1CCCC2)c1cc(Nc2ccc(OC3CN(C)C3)cn2)c(=O)n(C)c1. The van der Waals surface area contributed by atoms with Gasteiger partial charge in [-0.3, -0.25) is 19.9 Å². The topological polar surface area (TPSA) is 129 Å². The normalized spacial score (nSPS) is 15.7. The number of aliphatic hydroxyl groups is 1. The third kappa shape index (κ3) is 6.57. The zero-order valence-electron chi connectivity index (χ0n) is 25.4. The molecule has 0 aromatic carbocycles. The third-order valence-corrected chi connectivity index (χ3v) is 8.45. The molecule has 228 valence electrons. The summed E-state index contributed by atoms with van der Waals surface area (Å²) < 4.78 is 9.46. The number of carbonyl (C=O) groups is 1. The van der Waals surface area contributed by atoms with E-state index in [1.807, 2.05) is 33.2 Å². The number of nitrogens with zero attached hydrogens (tertiary/aromatic N) is 5. The Kier molecular flexibility index (Phi) is 9.12. The number of aromatic nitrogens is 3. The summed E-state index contributed by atoms with van der Waals surface area (Å²) in [5, 5.41) is 22.3. The minimum Gasteiger partial charge on any atom is -0.486 e. The van der Waals surface area contributed by atoms with Crippen LogP contribution in [0.25, 0.3) is 5.57 Å². The van der Waals surface area contributed by atoms with E-state index in [2.05, 4.69) is 19.8 Å². The minimum absolute atomic E-state index is 0.163. The number of amidine groups is 1. The summed E-state index contributed by atoms with van der Waals surface area (Å²) in [7, 11) is 5.53. The van der Waals surface area contributed by atoms with Crippen LogP contribution in [0.5, 0.6) is 5.75 Å². The van der Waals surface area contributed by atoms with Gasteiger partial charge < -0.3 is 29.2 Å². The maximum Gasteiger partial charge on any atom is 0.274 e. The molecule has 3 N–H and O–H groups in total. The Balaban J connectivity index is 1.31. The van der Waals surface area contributed by atoms with E-state index in [1.54, 1.807) is 36.5 Å². The monoisotopic (exact) mass is 587 g/mol. The second-order valence-electron chi connectivity index (χ2n) is 11.6. The highest BCUT2D eigenvalue weighted by atomic mass is 16.5. The molecule has 11 nitrogen and oxygen atoms in total. The summed E-state index contributed by atoms with van der Waals surface area (Å²) in [6.45, 7) is 4.35. The molecule has 3 aromatic heterocycles. The number of fused-ring (bicyclic) bond motifs is 1. The average Bonchev–Trinajstić information content (AvgIpc) is 3.36. The number of aldehydes is 1. The molecule has 11 heteroatoms. The number of carbonyl (C=O) groups excluding carboxylic acids is 1. The van der Waals surface area contributed by atoms with Crippen LogP contribution in [-0.4, -0.2) is 87.6 Å². The lowest BCUT2D eigenvalue weighted by atomic mass is 9.98. The number of aliphatic hydroxyl groups excluding tert-OH is 1. The van der Waals surface area contributed by atoms with Crippen molar-refractivity contribution in [2.75, 3.05) is 45.7 Å². The fourth-order valence-corrected chi connectivity index (χ4v) is 5.87. The minimum atomic E-state index is -0.334. The molecule has 43 heavy (non-hydrogen) atoms. The van der Waals surface area contributed by atoms with Crippen molar-refractivity contribution in [3.05, 3.63) is 75.1 Å². The molecule has 1 aliphatic carbocycles. The standard InChI is InChI=1S/C32H41N7O4/c1-21(27(20-41)31(33)37(3)11-12-39-24(19-40)13-22-7-5-6-8-29(22)39)23-14-28(32(42)38(4)16-23)35-30-10-9-25(15-34-30)43-26-17-36(2)18-26/h9-10,13-16,19,26,33,41H,5-8,11-12,17-18,20H2,1-4H3,(H,34,35)/b27-21+,33-31?. The first kappa shape index (κ1) is 30.2. The molecule has 0 saturated carbocycles. The zero-order chi connectivity index (χ0) is 30.7. The Morgan fingerprint density at radius 3 is 2.67 bits per heavy atom. The van der Waals surface area contributed by atoms with Crippen molar-refractivity contribution < 1.29 is 14.6 Å². The number of hydrogen-bond donors (Lipinski definition) is 3. The van der Waals surface area contributed by atoms with Gasteiger partial charge >= 0.3 is 0 Å². The predicted molar refractivity (Wildman–Crippen MR) is 168 cm³/mol. The number of nitrogens with one attached hydrogen (secondary N) is 2. The Hall–Kier alpha value is -4.22. The first-order chi connectivity index (χ1) is 20.7. The van der Waals surface area contributed by atoms with Crippen LogP contribution in [0.15, 0.2) is 47.0 Å². The molecule has 1 aliphatic heterocycles. The Morgan fingerprint density at radius 1 is 1.23 bits per heavy atom. The molecular formula is C32H41N7O4. The van der Waals surface area contributed by atoms with Crippen LogP contribution in [0.2, 0.25) is 0 Å². The van der Waals surface area contributed by atoms with Crippen molar-refractivity contribution in [3.63, 3.8) is 0 Å². The molecular weight excluding hydrogens is 546 g/mol. The van der Waals surface area contributed by atoms with Crippen LogP contribution in [0.4, 0.5) is 11.5 Å². The van der Waals surface area contributed by atoms with E-state index in [4.69, 9.17) is 10.1 Å². The molecule has 0 bridgehead atoms. The van der Waals surface area contributed by atoms with Gasteiger partial charge in [0.15, 0.2) is 6.29 Å². The van der Waals surface area contributed by atoms with Crippen molar-refractivity contribution in [1.29, 1.82) is 5.41 Å². The van der Waals surface area contributed by atoms with Crippen molar-refractivity contribution in [2.45, 2.75) is 45.3 Å². The lowest BCUT2D eigenvalue weighted by molar-refractivity contribution is 0.0386. The highest BCUT2D eigenvalue weighted by Gasteiger charge is 2.25. The Morgan fingerprint density at radius 2 is 2.00 bits per heavy atom. The van der Waals surface area contributed by atoms with Crippen LogP contribution in [0, 0.1) is 5.41 Å². The van der Waals surface area contributed by atoms with Gasteiger partial charge in [-0.2, -0.15) is 0 Å². The molecule has 0 atom stereocenters. The van der Waals surface area contributed by atoms with E-state index in [0.29, 0.717) is 52.7 Å². The van der Waals surface area contributed by atoms with Crippen molar-refractivity contribution in [2.24, 2.45) is 7.05 Å². The summed E-state index contributed by atoms with van der Waals surface area (Å²) >= 11 is 0. The van der Waals surface area contributed by atoms with Gasteiger partial charge in [0.25, 0.3) is 5.56 Å². The maximum absolute atomic E-state index is 13.0. The lowest BCUT2D eigenvalue weighted by Crippen LogP contribution is -2.51. The van der Waals surface area contributed by atoms with E-state index < -0.39 is 0 Å². The van der Waals surface area contributed by atoms with Crippen LogP contribution in [0.1, 0.15) is 47.1 Å². The molecule has 4 heterocycles. The van der Waals surface area contributed by atoms with Gasteiger partial charge in [-0.1, -0.05) is 0 Å². The molecule has 0 spiro atoms. The number of likely N-dealkylation sites (N-methyl/N-ethyl adjacent to an activating group) is 2. The molecule has 2 aliphatic rings. The van der Waals surface area contributed by atoms with Gasteiger partial charge in [0.2, 0.25) is 0 Å². The van der Waals surface area contributed by atoms with Gasteiger partial charge in [0.1, 0.15) is 29.2 Å². The summed E-state index contributed by atoms with van der Waals surface area (Å²) in [6, 6.07) is 7.32. The van der Waals surface area contributed by atoms with Crippen molar-refractivity contribution >= 4 is 29.2 Å². The fraction of sp³-hybridized carbons (Fsp3) is 0.438. The van der Waals surface area contributed by atoms with E-state index in [-0.39, 0.29) is 24.1 Å². The number of hydrogen-bond acceptors (Lipinski definition) is 8. The van der Waals surface area contributed by atoms with Gasteiger partial charge in [0.05, 0.1) is 18.5 Å². The van der Waals surface area contributed by atoms with Crippen molar-refractivity contribution in [3.8, 4) is 5.75 Å². The van der Waals surface area contributed by atoms with Crippen LogP contribution in [0.3, 0.4) is 0 Å². The van der Waals surface area contributed by atoms with Crippen LogP contribution in [-0.2, 0) is 26.4 Å². The average molecular weight is 588 g/mol. The summed E-state index contributed by atoms with van der Waals surface area (Å²) in [6.07, 6.45) is 8.62. The number of anilines is 2. The van der Waals surface area contributed by atoms with Gasteiger partial charge in [-0.05, 0) is 80.6 Å². The van der Waals surface area contributed by atoms with E-state index in [0.717, 1.165) is 45.1 Å². The first-order valence-electron chi connectivity index (χ1n) is 14.7. The molecule has 0 unspecified atom stereocenters. The summed E-state index contributed by atoms with van der Waals surface area (Å²) in [5.41, 5.74) is 5.09. The van der Waals surface area contributed by atoms with E-state index in [9.17, 15) is 14.7 Å². The van der Waals surface area contributed by atoms with Crippen LogP contribution < -0.4 is 15.6 Å². The van der Waals surface area contributed by atoms with E-state index >= 15 is 0 Å². The quantitative estimate of drug-likeness (QED) is 0.177. The molecule has 5 rings (SSSR count). The molecule has 0 radical (unpaired) electrons. The maximum atomic E-state index is 13.0. The second-order valence-corrected chi connectivity index (χ2v) is 11.6. The number of aryl methyl sites for hydroxylation is 2. The second kappa shape index (κ2) is 13.0. The van der Waals surface area contributed by atoms with E-state index in [1.165, 1.54) is 15.8 Å². The molecule has 1 saturated heterocycles. The highest BCUT2D eigenvalue weighted by Crippen LogP contribution is 2.26. The highest BCUT2D eigenvalue weighted by molar-refractivity contribution is 6.03. The van der Waals surface area contributed by atoms with Crippen molar-refractivity contribution in [1.82, 2.24) is 23.9 Å². The molecule has 0 amide bonds. The van der Waals surface area contributed by atoms with Gasteiger partial charge in [0, 0.05) is 57.7 Å². The fourth-order valence-electron chi connectivity index (χ4n) is 5.87. The molecule has 3 aromatic rings. The number of allylic oxidation sites excluding steroid dienone is 1. The third-order valence-electron chi connectivity index (χ3n) is 8.45. The lowest BCUT2D eigenvalue weighted by Gasteiger charge is -2.35. The van der Waals surface area contributed by atoms with Crippen LogP contribution >= 0.6 is 0 Å². The van der Waals surface area contributed by atoms with Gasteiger partial charge in [-0.25, -0.2) is 4.98 Å². The van der Waals surface area contributed by atoms with Gasteiger partial charge in [-0.15, -0.1) is 0 Å². The zero-order valence-corrected chi connectivity index (χ0v) is 25.4. The number of ether oxygens (including phenoxy) is 1. The smallest absolute Gasteiger partial charge is 0.274 e. The summed E-state index contributed by atoms with van der Waals surface area (Å²) in [4.78, 5) is 33.1. The largest absolute Gasteiger partial charge is 0.486 e. The number of likely N-dealkylation sites (tertiary alicyclic amines) is 1. The summed E-state index contributed by atoms with van der Waals surface area (Å²) in [5.74, 6) is 1.37. The first-order valence-corrected chi connectivity index (χ1v) is 14.7. The Bertz CT molecular complexity index is 1580. The number of pyridine rings is 2. The Labute approximate surface area is 251 Å². The molecule has 1 fully saturated rings. The number of rotatable bonds is 11.